The molecule has 4 rings (SSSR count). The van der Waals surface area contributed by atoms with Crippen molar-refractivity contribution in [1.29, 1.82) is 0 Å². The Kier molecular flexibility index (Phi) is 3.45. The number of esters is 1. The van der Waals surface area contributed by atoms with Crippen LogP contribution in [-0.4, -0.2) is 20.3 Å². The molecule has 2 aliphatic heterocycles. The topological polar surface area (TPSA) is 112 Å². The van der Waals surface area contributed by atoms with Crippen molar-refractivity contribution in [3.63, 3.8) is 0 Å². The molecule has 0 fully saturated rings. The summed E-state index contributed by atoms with van der Waals surface area (Å²) in [5.41, 5.74) is 1.08. The molecule has 0 spiro atoms. The van der Waals surface area contributed by atoms with Crippen molar-refractivity contribution < 1.29 is 31.3 Å². The Morgan fingerprint density at radius 3 is 2.62 bits per heavy atom. The number of furan rings is 1. The molecule has 1 amide bonds. The first-order valence-electron chi connectivity index (χ1n) is 7.64. The summed E-state index contributed by atoms with van der Waals surface area (Å²) in [4.78, 5) is 23.9. The van der Waals surface area contributed by atoms with Gasteiger partial charge in [0.05, 0.1) is 5.56 Å². The average Bonchev–Trinajstić information content (AvgIpc) is 3.19. The van der Waals surface area contributed by atoms with E-state index in [9.17, 15) is 18.0 Å². The van der Waals surface area contributed by atoms with Crippen LogP contribution in [0, 0.1) is 0 Å². The molecule has 0 saturated carbocycles. The molecule has 1 N–H and O–H groups in total. The summed E-state index contributed by atoms with van der Waals surface area (Å²) in [6, 6.07) is 6.03. The number of fused-ring (bicyclic) bond motifs is 1. The fourth-order valence-electron chi connectivity index (χ4n) is 2.74. The van der Waals surface area contributed by atoms with E-state index in [0.29, 0.717) is 11.3 Å². The van der Waals surface area contributed by atoms with Gasteiger partial charge in [-0.1, -0.05) is 6.58 Å². The monoisotopic (exact) mass is 375 g/mol. The van der Waals surface area contributed by atoms with Crippen LogP contribution in [0.15, 0.2) is 40.8 Å². The molecule has 0 aliphatic carbocycles. The van der Waals surface area contributed by atoms with E-state index in [-0.39, 0.29) is 40.9 Å². The molecule has 9 heteroatoms. The lowest BCUT2D eigenvalue weighted by Gasteiger charge is -2.07. The number of anilines is 1. The summed E-state index contributed by atoms with van der Waals surface area (Å²) in [6.45, 7) is 5.12. The van der Waals surface area contributed by atoms with Crippen molar-refractivity contribution in [2.24, 2.45) is 0 Å². The fourth-order valence-corrected chi connectivity index (χ4v) is 4.02. The van der Waals surface area contributed by atoms with Gasteiger partial charge >= 0.3 is 16.1 Å². The lowest BCUT2D eigenvalue weighted by atomic mass is 10.1. The van der Waals surface area contributed by atoms with Crippen LogP contribution in [0.25, 0.3) is 0 Å². The molecule has 2 aliphatic rings. The Morgan fingerprint density at radius 2 is 1.96 bits per heavy atom. The zero-order valence-electron chi connectivity index (χ0n) is 13.6. The molecular weight excluding hydrogens is 362 g/mol. The largest absolute Gasteiger partial charge is 0.456 e. The van der Waals surface area contributed by atoms with Crippen LogP contribution in [-0.2, 0) is 21.3 Å². The van der Waals surface area contributed by atoms with Crippen LogP contribution in [0.1, 0.15) is 34.1 Å². The zero-order valence-corrected chi connectivity index (χ0v) is 14.4. The number of amides is 1. The first-order valence-corrected chi connectivity index (χ1v) is 9.11. The van der Waals surface area contributed by atoms with Crippen LogP contribution < -0.4 is 14.2 Å². The molecular formula is C17H13NO7S. The minimum Gasteiger partial charge on any atom is -0.456 e. The highest BCUT2D eigenvalue weighted by molar-refractivity contribution is 7.87. The molecule has 8 nitrogen and oxygen atoms in total. The van der Waals surface area contributed by atoms with Gasteiger partial charge in [-0.3, -0.25) is 4.79 Å². The summed E-state index contributed by atoms with van der Waals surface area (Å²) < 4.78 is 39.1. The third kappa shape index (κ3) is 2.48. The van der Waals surface area contributed by atoms with Crippen LogP contribution in [0.3, 0.4) is 0 Å². The third-order valence-electron chi connectivity index (χ3n) is 4.09. The van der Waals surface area contributed by atoms with Crippen LogP contribution in [0.5, 0.6) is 11.5 Å². The Hall–Kier alpha value is -3.07. The molecule has 0 radical (unpaired) electrons. The summed E-state index contributed by atoms with van der Waals surface area (Å²) in [6.07, 6.45) is 0.0929. The van der Waals surface area contributed by atoms with Gasteiger partial charge in [-0.2, -0.15) is 8.42 Å². The minimum absolute atomic E-state index is 0.00184. The van der Waals surface area contributed by atoms with E-state index >= 15 is 0 Å². The van der Waals surface area contributed by atoms with Gasteiger partial charge in [0.2, 0.25) is 11.5 Å². The highest BCUT2D eigenvalue weighted by Crippen LogP contribution is 2.56. The summed E-state index contributed by atoms with van der Waals surface area (Å²) >= 11 is 0. The van der Waals surface area contributed by atoms with Gasteiger partial charge in [-0.05, 0) is 31.2 Å². The van der Waals surface area contributed by atoms with E-state index < -0.39 is 21.3 Å². The quantitative estimate of drug-likeness (QED) is 0.496. The highest BCUT2D eigenvalue weighted by atomic mass is 32.2. The average molecular weight is 375 g/mol. The SMILES string of the molecule is C=C(C)C(=O)Nc1ccc(C(=O)Oc2c3oc4c2OS(=O)(=O)C4C3)cc1. The lowest BCUT2D eigenvalue weighted by molar-refractivity contribution is -0.112. The number of ether oxygens (including phenoxy) is 1. The van der Waals surface area contributed by atoms with E-state index in [4.69, 9.17) is 13.3 Å². The van der Waals surface area contributed by atoms with E-state index in [1.807, 2.05) is 0 Å². The number of hydrogen-bond acceptors (Lipinski definition) is 7. The molecule has 1 aromatic carbocycles. The van der Waals surface area contributed by atoms with E-state index in [1.54, 1.807) is 19.1 Å². The normalized spacial score (nSPS) is 18.3. The fraction of sp³-hybridized carbons (Fsp3) is 0.176. The van der Waals surface area contributed by atoms with Crippen molar-refractivity contribution in [1.82, 2.24) is 0 Å². The number of hydrogen-bond donors (Lipinski definition) is 1. The Bertz CT molecular complexity index is 1060. The summed E-state index contributed by atoms with van der Waals surface area (Å²) in [5, 5.41) is 1.78. The number of carbonyl (C=O) groups is 2. The van der Waals surface area contributed by atoms with Gasteiger partial charge in [0, 0.05) is 17.7 Å². The summed E-state index contributed by atoms with van der Waals surface area (Å²) in [7, 11) is -3.77. The number of benzene rings is 1. The van der Waals surface area contributed by atoms with Crippen LogP contribution in [0.4, 0.5) is 5.69 Å². The third-order valence-corrected chi connectivity index (χ3v) is 5.57. The minimum atomic E-state index is -3.77. The van der Waals surface area contributed by atoms with Gasteiger partial charge < -0.3 is 18.7 Å². The molecule has 2 aromatic rings. The standard InChI is InChI=1S/C17H13NO7S/c1-8(2)16(19)18-10-5-3-9(4-6-10)17(20)24-13-11-7-12-14(23-11)15(13)25-26(12,21)22/h3-6,12H,1,7H2,2H3,(H,18,19). The maximum atomic E-state index is 12.3. The number of carbonyl (C=O) groups excluding carboxylic acids is 2. The Morgan fingerprint density at radius 1 is 1.27 bits per heavy atom. The van der Waals surface area contributed by atoms with Crippen molar-refractivity contribution in [3.8, 4) is 11.5 Å². The van der Waals surface area contributed by atoms with Crippen molar-refractivity contribution in [3.05, 3.63) is 53.5 Å². The second-order valence-electron chi connectivity index (χ2n) is 6.02. The summed E-state index contributed by atoms with van der Waals surface area (Å²) in [5.74, 6) is -0.606. The van der Waals surface area contributed by atoms with Crippen LogP contribution >= 0.6 is 0 Å². The maximum absolute atomic E-state index is 12.3. The second kappa shape index (κ2) is 5.46. The van der Waals surface area contributed by atoms with Gasteiger partial charge in [0.25, 0.3) is 5.91 Å². The molecule has 1 aromatic heterocycles. The number of nitrogens with one attached hydrogen (secondary N) is 1. The van der Waals surface area contributed by atoms with Crippen molar-refractivity contribution >= 4 is 27.7 Å². The van der Waals surface area contributed by atoms with Gasteiger partial charge in [-0.15, -0.1) is 0 Å². The maximum Gasteiger partial charge on any atom is 0.343 e. The van der Waals surface area contributed by atoms with E-state index in [0.717, 1.165) is 0 Å². The van der Waals surface area contributed by atoms with Gasteiger partial charge in [0.1, 0.15) is 0 Å². The Labute approximate surface area is 148 Å². The molecule has 0 saturated heterocycles. The molecule has 134 valence electrons. The predicted octanol–water partition coefficient (Wildman–Crippen LogP) is 2.33. The van der Waals surface area contributed by atoms with Crippen molar-refractivity contribution in [2.75, 3.05) is 5.32 Å². The number of rotatable bonds is 4. The van der Waals surface area contributed by atoms with E-state index in [2.05, 4.69) is 11.9 Å². The first kappa shape index (κ1) is 16.4. The smallest absolute Gasteiger partial charge is 0.343 e. The zero-order chi connectivity index (χ0) is 18.6. The van der Waals surface area contributed by atoms with Gasteiger partial charge in [0.15, 0.2) is 16.8 Å². The predicted molar refractivity (Wildman–Crippen MR) is 89.5 cm³/mol. The molecule has 26 heavy (non-hydrogen) atoms. The van der Waals surface area contributed by atoms with Crippen LogP contribution in [0.2, 0.25) is 0 Å². The van der Waals surface area contributed by atoms with Gasteiger partial charge in [-0.25, -0.2) is 4.79 Å². The molecule has 1 atom stereocenters. The Balaban J connectivity index is 1.51. The van der Waals surface area contributed by atoms with E-state index in [1.165, 1.54) is 12.1 Å². The molecule has 1 unspecified atom stereocenters. The molecule has 2 bridgehead atoms. The van der Waals surface area contributed by atoms with Crippen molar-refractivity contribution in [2.45, 2.75) is 18.6 Å². The first-order chi connectivity index (χ1) is 12.3. The molecule has 3 heterocycles. The lowest BCUT2D eigenvalue weighted by Crippen LogP contribution is -2.13. The highest BCUT2D eigenvalue weighted by Gasteiger charge is 2.52. The second-order valence-corrected chi connectivity index (χ2v) is 7.74.